The number of esters is 2. The first-order valence-electron chi connectivity index (χ1n) is 6.91. The van der Waals surface area contributed by atoms with E-state index in [2.05, 4.69) is 15.8 Å². The Morgan fingerprint density at radius 3 is 2.68 bits per heavy atom. The van der Waals surface area contributed by atoms with Crippen LogP contribution in [-0.2, 0) is 9.59 Å². The third-order valence-electron chi connectivity index (χ3n) is 3.80. The van der Waals surface area contributed by atoms with Crippen molar-refractivity contribution in [1.82, 2.24) is 9.88 Å². The smallest absolute Gasteiger partial charge is 0.337 e. The van der Waals surface area contributed by atoms with Crippen LogP contribution in [0.2, 0.25) is 0 Å². The number of fused-ring (bicyclic) bond motifs is 2. The number of carbonyl (C=O) groups is 2. The number of terminal acetylenes is 1. The predicted molar refractivity (Wildman–Crippen MR) is 77.2 cm³/mol. The van der Waals surface area contributed by atoms with Crippen LogP contribution in [0.3, 0.4) is 0 Å². The van der Waals surface area contributed by atoms with E-state index >= 15 is 0 Å². The lowest BCUT2D eigenvalue weighted by Crippen LogP contribution is -2.21. The highest BCUT2D eigenvalue weighted by molar-refractivity contribution is 5.94. The molecular formula is C16H14N2O4. The average Bonchev–Trinajstić information content (AvgIpc) is 2.91. The Morgan fingerprint density at radius 1 is 1.32 bits per heavy atom. The lowest BCUT2D eigenvalue weighted by molar-refractivity contribution is -0.131. The Morgan fingerprint density at radius 2 is 2.05 bits per heavy atom. The summed E-state index contributed by atoms with van der Waals surface area (Å²) >= 11 is 0. The van der Waals surface area contributed by atoms with Crippen molar-refractivity contribution in [3.8, 4) is 24.0 Å². The Bertz CT molecular complexity index is 718. The van der Waals surface area contributed by atoms with Crippen LogP contribution in [0.5, 0.6) is 11.6 Å². The summed E-state index contributed by atoms with van der Waals surface area (Å²) in [5, 5.41) is 0. The van der Waals surface area contributed by atoms with Gasteiger partial charge in [0.05, 0.1) is 17.3 Å². The fourth-order valence-corrected chi connectivity index (χ4v) is 2.76. The van der Waals surface area contributed by atoms with E-state index in [1.54, 1.807) is 0 Å². The molecule has 0 N–H and O–H groups in total. The summed E-state index contributed by atoms with van der Waals surface area (Å²) < 4.78 is 10.6. The first kappa shape index (κ1) is 14.3. The van der Waals surface area contributed by atoms with Crippen molar-refractivity contribution < 1.29 is 19.1 Å². The third kappa shape index (κ3) is 2.47. The number of rotatable bonds is 1. The van der Waals surface area contributed by atoms with Crippen molar-refractivity contribution in [3.63, 3.8) is 0 Å². The molecule has 0 amide bonds. The van der Waals surface area contributed by atoms with Gasteiger partial charge in [-0.3, -0.25) is 4.90 Å². The van der Waals surface area contributed by atoms with Crippen LogP contribution in [0.4, 0.5) is 0 Å². The fraction of sp³-hybridized carbons (Fsp3) is 0.312. The first-order chi connectivity index (χ1) is 10.6. The predicted octanol–water partition coefficient (Wildman–Crippen LogP) is 1.21. The molecule has 1 aromatic rings. The molecule has 1 fully saturated rings. The van der Waals surface area contributed by atoms with Crippen molar-refractivity contribution >= 4 is 11.9 Å². The van der Waals surface area contributed by atoms with Crippen LogP contribution in [0.25, 0.3) is 0 Å². The van der Waals surface area contributed by atoms with Gasteiger partial charge in [-0.1, -0.05) is 5.92 Å². The second-order valence-corrected chi connectivity index (χ2v) is 5.18. The van der Waals surface area contributed by atoms with Crippen LogP contribution in [-0.4, -0.2) is 35.4 Å². The minimum Gasteiger partial charge on any atom is -0.421 e. The van der Waals surface area contributed by atoms with Crippen molar-refractivity contribution in [2.45, 2.75) is 18.9 Å². The molecule has 1 saturated heterocycles. The number of pyridine rings is 1. The van der Waals surface area contributed by atoms with E-state index in [0.29, 0.717) is 11.1 Å². The van der Waals surface area contributed by atoms with E-state index < -0.39 is 11.9 Å². The monoisotopic (exact) mass is 298 g/mol. The molecule has 3 heterocycles. The summed E-state index contributed by atoms with van der Waals surface area (Å²) in [4.78, 5) is 29.8. The molecule has 2 aliphatic heterocycles. The highest BCUT2D eigenvalue weighted by Crippen LogP contribution is 2.42. The SMILES string of the molecule is C#Cc1cnc2c([C@@H]3CCCN3C)c1OC(=O)/C=C\C(=O)O2. The summed E-state index contributed by atoms with van der Waals surface area (Å²) in [6.07, 6.45) is 10.7. The molecule has 0 radical (unpaired) electrons. The Kier molecular flexibility index (Phi) is 3.65. The summed E-state index contributed by atoms with van der Waals surface area (Å²) in [7, 11) is 1.95. The van der Waals surface area contributed by atoms with Gasteiger partial charge < -0.3 is 9.47 Å². The maximum atomic E-state index is 11.8. The van der Waals surface area contributed by atoms with E-state index in [1.165, 1.54) is 6.20 Å². The number of likely N-dealkylation sites (tertiary alicyclic amines) is 1. The Labute approximate surface area is 127 Å². The highest BCUT2D eigenvalue weighted by atomic mass is 16.6. The zero-order valence-corrected chi connectivity index (χ0v) is 12.0. The van der Waals surface area contributed by atoms with Gasteiger partial charge in [0.25, 0.3) is 0 Å². The topological polar surface area (TPSA) is 68.7 Å². The van der Waals surface area contributed by atoms with Crippen molar-refractivity contribution in [3.05, 3.63) is 29.5 Å². The lowest BCUT2D eigenvalue weighted by atomic mass is 10.0. The van der Waals surface area contributed by atoms with Gasteiger partial charge in [-0.2, -0.15) is 0 Å². The van der Waals surface area contributed by atoms with Gasteiger partial charge in [-0.15, -0.1) is 6.42 Å². The van der Waals surface area contributed by atoms with E-state index in [-0.39, 0.29) is 17.7 Å². The number of ether oxygens (including phenoxy) is 2. The van der Waals surface area contributed by atoms with Crippen LogP contribution in [0.15, 0.2) is 18.3 Å². The van der Waals surface area contributed by atoms with E-state index in [0.717, 1.165) is 31.5 Å². The van der Waals surface area contributed by atoms with Gasteiger partial charge in [-0.25, -0.2) is 14.6 Å². The molecule has 6 heteroatoms. The van der Waals surface area contributed by atoms with Gasteiger partial charge >= 0.3 is 11.9 Å². The molecule has 1 atom stereocenters. The second kappa shape index (κ2) is 5.62. The molecule has 6 nitrogen and oxygen atoms in total. The van der Waals surface area contributed by atoms with Crippen molar-refractivity contribution in [1.29, 1.82) is 0 Å². The van der Waals surface area contributed by atoms with Gasteiger partial charge in [0.2, 0.25) is 5.88 Å². The zero-order chi connectivity index (χ0) is 15.7. The summed E-state index contributed by atoms with van der Waals surface area (Å²) in [5.74, 6) is 1.50. The number of aromatic nitrogens is 1. The van der Waals surface area contributed by atoms with Crippen LogP contribution in [0.1, 0.15) is 30.0 Å². The quantitative estimate of drug-likeness (QED) is 0.573. The molecule has 2 aliphatic rings. The summed E-state index contributed by atoms with van der Waals surface area (Å²) in [6.45, 7) is 0.893. The molecule has 0 unspecified atom stereocenters. The normalized spacial score (nSPS) is 22.8. The van der Waals surface area contributed by atoms with Crippen molar-refractivity contribution in [2.75, 3.05) is 13.6 Å². The molecular weight excluding hydrogens is 284 g/mol. The fourth-order valence-electron chi connectivity index (χ4n) is 2.76. The van der Waals surface area contributed by atoms with E-state index in [9.17, 15) is 9.59 Å². The number of hydrogen-bond acceptors (Lipinski definition) is 6. The van der Waals surface area contributed by atoms with Gasteiger partial charge in [-0.05, 0) is 26.4 Å². The molecule has 0 aliphatic carbocycles. The molecule has 22 heavy (non-hydrogen) atoms. The first-order valence-corrected chi connectivity index (χ1v) is 6.91. The molecule has 1 aromatic heterocycles. The summed E-state index contributed by atoms with van der Waals surface area (Å²) in [6, 6.07) is -0.0653. The minimum atomic E-state index is -0.673. The molecule has 2 bridgehead atoms. The Balaban J connectivity index is 2.22. The average molecular weight is 298 g/mol. The maximum absolute atomic E-state index is 11.8. The molecule has 0 spiro atoms. The van der Waals surface area contributed by atoms with Crippen LogP contribution in [0, 0.1) is 12.3 Å². The lowest BCUT2D eigenvalue weighted by Gasteiger charge is -2.23. The Hall–Kier alpha value is -2.65. The molecule has 112 valence electrons. The largest absolute Gasteiger partial charge is 0.421 e. The second-order valence-electron chi connectivity index (χ2n) is 5.18. The van der Waals surface area contributed by atoms with E-state index in [4.69, 9.17) is 15.9 Å². The van der Waals surface area contributed by atoms with Gasteiger partial charge in [0, 0.05) is 18.2 Å². The highest BCUT2D eigenvalue weighted by Gasteiger charge is 2.33. The van der Waals surface area contributed by atoms with Gasteiger partial charge in [0.1, 0.15) is 0 Å². The van der Waals surface area contributed by atoms with Gasteiger partial charge in [0.15, 0.2) is 5.75 Å². The van der Waals surface area contributed by atoms with Crippen LogP contribution >= 0.6 is 0 Å². The number of nitrogens with zero attached hydrogens (tertiary/aromatic N) is 2. The molecule has 3 rings (SSSR count). The molecule has 0 saturated carbocycles. The van der Waals surface area contributed by atoms with Crippen molar-refractivity contribution in [2.24, 2.45) is 0 Å². The van der Waals surface area contributed by atoms with E-state index in [1.807, 2.05) is 7.05 Å². The number of carbonyl (C=O) groups excluding carboxylic acids is 2. The van der Waals surface area contributed by atoms with Crippen LogP contribution < -0.4 is 9.47 Å². The minimum absolute atomic E-state index is 0.0653. The standard InChI is InChI=1S/C16H14N2O4/c1-3-10-9-17-16-14(11-5-4-8-18(11)2)15(10)21-12(19)6-7-13(20)22-16/h1,6-7,9,11H,4-5,8H2,2H3/b7-6-/t11-/m0/s1. The summed E-state index contributed by atoms with van der Waals surface area (Å²) in [5.41, 5.74) is 0.916. The third-order valence-corrected chi connectivity index (χ3v) is 3.80. The molecule has 0 aromatic carbocycles. The number of hydrogen-bond donors (Lipinski definition) is 0. The zero-order valence-electron chi connectivity index (χ0n) is 12.0. The maximum Gasteiger partial charge on any atom is 0.337 e.